The molecule has 3 nitrogen and oxygen atoms in total. The normalized spacial score (nSPS) is 10.2. The van der Waals surface area contributed by atoms with Gasteiger partial charge >= 0.3 is 5.97 Å². The van der Waals surface area contributed by atoms with Gasteiger partial charge in [0.2, 0.25) is 0 Å². The number of rotatable bonds is 4. The number of nitrogens with one attached hydrogen (secondary N) is 1. The summed E-state index contributed by atoms with van der Waals surface area (Å²) < 4.78 is 4.37. The molecular formula is C8H9NO2. The van der Waals surface area contributed by atoms with Crippen LogP contribution in [0.4, 0.5) is 0 Å². The molecule has 0 bridgehead atoms. The van der Waals surface area contributed by atoms with E-state index in [2.05, 4.69) is 11.3 Å². The molecular weight excluding hydrogens is 142 g/mol. The van der Waals surface area contributed by atoms with Crippen molar-refractivity contribution in [1.29, 1.82) is 5.41 Å². The van der Waals surface area contributed by atoms with Crippen LogP contribution < -0.4 is 0 Å². The van der Waals surface area contributed by atoms with Crippen molar-refractivity contribution >= 4 is 12.2 Å². The summed E-state index contributed by atoms with van der Waals surface area (Å²) in [7, 11) is 0. The topological polar surface area (TPSA) is 50.2 Å². The summed E-state index contributed by atoms with van der Waals surface area (Å²) in [6, 6.07) is 0. The average Bonchev–Trinajstić information content (AvgIpc) is 1.99. The Morgan fingerprint density at radius 2 is 2.09 bits per heavy atom. The summed E-state index contributed by atoms with van der Waals surface area (Å²) in [6.07, 6.45) is 7.93. The zero-order chi connectivity index (χ0) is 8.53. The lowest BCUT2D eigenvalue weighted by atomic mass is 10.4. The van der Waals surface area contributed by atoms with Crippen LogP contribution in [0.1, 0.15) is 0 Å². The highest BCUT2D eigenvalue weighted by molar-refractivity contribution is 5.82. The minimum absolute atomic E-state index is 0.477. The Kier molecular flexibility index (Phi) is 5.51. The zero-order valence-electron chi connectivity index (χ0n) is 5.99. The Bertz CT molecular complexity index is 204. The van der Waals surface area contributed by atoms with Gasteiger partial charge in [0.25, 0.3) is 0 Å². The number of carbonyl (C=O) groups is 1. The largest absolute Gasteiger partial charge is 0.432 e. The molecule has 0 unspecified atom stereocenters. The van der Waals surface area contributed by atoms with Crippen LogP contribution in [-0.2, 0) is 9.53 Å². The molecule has 0 amide bonds. The Hall–Kier alpha value is -1.64. The first-order chi connectivity index (χ1) is 5.31. The van der Waals surface area contributed by atoms with Crippen molar-refractivity contribution in [3.8, 4) is 0 Å². The fourth-order valence-corrected chi connectivity index (χ4v) is 0.375. The van der Waals surface area contributed by atoms with Gasteiger partial charge in [-0.1, -0.05) is 18.7 Å². The summed E-state index contributed by atoms with van der Waals surface area (Å²) in [5.74, 6) is -0.477. The van der Waals surface area contributed by atoms with E-state index in [-0.39, 0.29) is 0 Å². The molecule has 3 heteroatoms. The number of carbonyl (C=O) groups excluding carboxylic acids is 1. The van der Waals surface area contributed by atoms with Crippen LogP contribution in [-0.4, -0.2) is 12.2 Å². The van der Waals surface area contributed by atoms with E-state index >= 15 is 0 Å². The molecule has 0 atom stereocenters. The minimum Gasteiger partial charge on any atom is -0.432 e. The Morgan fingerprint density at radius 3 is 2.64 bits per heavy atom. The summed E-state index contributed by atoms with van der Waals surface area (Å²) in [4.78, 5) is 10.5. The molecule has 58 valence electrons. The third-order valence-electron chi connectivity index (χ3n) is 0.750. The first kappa shape index (κ1) is 9.36. The van der Waals surface area contributed by atoms with Gasteiger partial charge in [0, 0.05) is 12.3 Å². The smallest absolute Gasteiger partial charge is 0.335 e. The van der Waals surface area contributed by atoms with Crippen LogP contribution in [0, 0.1) is 5.41 Å². The summed E-state index contributed by atoms with van der Waals surface area (Å²) in [6.45, 7) is 3.21. The van der Waals surface area contributed by atoms with Crippen molar-refractivity contribution in [3.05, 3.63) is 37.1 Å². The van der Waals surface area contributed by atoms with Crippen molar-refractivity contribution in [2.45, 2.75) is 0 Å². The summed E-state index contributed by atoms with van der Waals surface area (Å²) in [5, 5.41) is 6.59. The van der Waals surface area contributed by atoms with E-state index in [4.69, 9.17) is 5.41 Å². The fraction of sp³-hybridized carbons (Fsp3) is 0. The third kappa shape index (κ3) is 6.24. The predicted octanol–water partition coefficient (Wildman–Crippen LogP) is 1.44. The van der Waals surface area contributed by atoms with E-state index in [9.17, 15) is 4.79 Å². The van der Waals surface area contributed by atoms with Crippen molar-refractivity contribution in [2.24, 2.45) is 0 Å². The highest BCUT2D eigenvalue weighted by Gasteiger charge is 1.87. The van der Waals surface area contributed by atoms with Crippen LogP contribution in [0.5, 0.6) is 0 Å². The predicted molar refractivity (Wildman–Crippen MR) is 43.4 cm³/mol. The van der Waals surface area contributed by atoms with Gasteiger partial charge in [-0.05, 0) is 6.08 Å². The molecule has 0 aromatic heterocycles. The first-order valence-corrected chi connectivity index (χ1v) is 2.96. The van der Waals surface area contributed by atoms with Gasteiger partial charge in [-0.2, -0.15) is 0 Å². The SMILES string of the molecule is C=COC(=O)/C=C/C=C\C=N. The van der Waals surface area contributed by atoms with Crippen molar-refractivity contribution < 1.29 is 9.53 Å². The van der Waals surface area contributed by atoms with Gasteiger partial charge in [-0.15, -0.1) is 0 Å². The molecule has 11 heavy (non-hydrogen) atoms. The Balaban J connectivity index is 3.72. The second kappa shape index (κ2) is 6.48. The van der Waals surface area contributed by atoms with Crippen LogP contribution in [0.2, 0.25) is 0 Å². The van der Waals surface area contributed by atoms with Crippen molar-refractivity contribution in [1.82, 2.24) is 0 Å². The van der Waals surface area contributed by atoms with E-state index in [1.165, 1.54) is 18.2 Å². The Labute approximate surface area is 65.2 Å². The van der Waals surface area contributed by atoms with Gasteiger partial charge in [-0.3, -0.25) is 0 Å². The molecule has 0 aromatic rings. The molecule has 0 aliphatic rings. The molecule has 0 heterocycles. The van der Waals surface area contributed by atoms with Gasteiger partial charge in [0.05, 0.1) is 6.26 Å². The summed E-state index contributed by atoms with van der Waals surface area (Å²) >= 11 is 0. The minimum atomic E-state index is -0.477. The second-order valence-corrected chi connectivity index (χ2v) is 1.51. The molecule has 0 radical (unpaired) electrons. The van der Waals surface area contributed by atoms with Gasteiger partial charge in [-0.25, -0.2) is 4.79 Å². The monoisotopic (exact) mass is 151 g/mol. The highest BCUT2D eigenvalue weighted by atomic mass is 16.5. The fourth-order valence-electron chi connectivity index (χ4n) is 0.375. The van der Waals surface area contributed by atoms with Gasteiger partial charge in [0.15, 0.2) is 0 Å². The zero-order valence-corrected chi connectivity index (χ0v) is 5.99. The number of hydrogen-bond acceptors (Lipinski definition) is 3. The maximum absolute atomic E-state index is 10.5. The number of hydrogen-bond donors (Lipinski definition) is 1. The van der Waals surface area contributed by atoms with Crippen molar-refractivity contribution in [2.75, 3.05) is 0 Å². The van der Waals surface area contributed by atoms with Crippen molar-refractivity contribution in [3.63, 3.8) is 0 Å². The first-order valence-electron chi connectivity index (χ1n) is 2.96. The quantitative estimate of drug-likeness (QED) is 0.217. The molecule has 0 rings (SSSR count). The van der Waals surface area contributed by atoms with Gasteiger partial charge in [0.1, 0.15) is 0 Å². The lowest BCUT2D eigenvalue weighted by Crippen LogP contribution is -1.91. The number of allylic oxidation sites excluding steroid dienone is 3. The third-order valence-corrected chi connectivity index (χ3v) is 0.750. The van der Waals surface area contributed by atoms with Crippen LogP contribution >= 0.6 is 0 Å². The molecule has 0 aliphatic carbocycles. The van der Waals surface area contributed by atoms with Crippen LogP contribution in [0.25, 0.3) is 0 Å². The maximum Gasteiger partial charge on any atom is 0.335 e. The lowest BCUT2D eigenvalue weighted by Gasteiger charge is -1.87. The molecule has 1 N–H and O–H groups in total. The summed E-state index contributed by atoms with van der Waals surface area (Å²) in [5.41, 5.74) is 0. The lowest BCUT2D eigenvalue weighted by molar-refractivity contribution is -0.132. The van der Waals surface area contributed by atoms with Crippen LogP contribution in [0.15, 0.2) is 37.1 Å². The van der Waals surface area contributed by atoms with E-state index < -0.39 is 5.97 Å². The van der Waals surface area contributed by atoms with E-state index in [0.717, 1.165) is 12.5 Å². The molecule has 0 saturated heterocycles. The molecule has 0 saturated carbocycles. The van der Waals surface area contributed by atoms with Crippen LogP contribution in [0.3, 0.4) is 0 Å². The standard InChI is InChI=1S/C8H9NO2/c1-2-11-8(10)6-4-3-5-7-9/h2-7,9H,1H2/b5-3-,6-4+,9-7?. The molecule has 0 aromatic carbocycles. The highest BCUT2D eigenvalue weighted by Crippen LogP contribution is 1.82. The Morgan fingerprint density at radius 1 is 1.36 bits per heavy atom. The second-order valence-electron chi connectivity index (χ2n) is 1.51. The molecule has 0 fully saturated rings. The average molecular weight is 151 g/mol. The maximum atomic E-state index is 10.5. The number of esters is 1. The van der Waals surface area contributed by atoms with E-state index in [1.54, 1.807) is 6.08 Å². The van der Waals surface area contributed by atoms with Gasteiger partial charge < -0.3 is 10.1 Å². The number of ether oxygens (including phenoxy) is 1. The van der Waals surface area contributed by atoms with E-state index in [1.807, 2.05) is 0 Å². The molecule has 0 aliphatic heterocycles. The molecule has 0 spiro atoms. The van der Waals surface area contributed by atoms with E-state index in [0.29, 0.717) is 0 Å².